The zero-order valence-electron chi connectivity index (χ0n) is 15.0. The molecule has 3 rings (SSSR count). The van der Waals surface area contributed by atoms with Crippen LogP contribution in [-0.2, 0) is 6.54 Å². The van der Waals surface area contributed by atoms with Crippen LogP contribution in [-0.4, -0.2) is 47.5 Å². The van der Waals surface area contributed by atoms with Gasteiger partial charge in [-0.25, -0.2) is 9.18 Å². The first-order valence-electron chi connectivity index (χ1n) is 9.17. The van der Waals surface area contributed by atoms with Gasteiger partial charge in [-0.15, -0.1) is 0 Å². The van der Waals surface area contributed by atoms with E-state index in [9.17, 15) is 9.18 Å². The van der Waals surface area contributed by atoms with Gasteiger partial charge in [0, 0.05) is 35.8 Å². The zero-order chi connectivity index (χ0) is 18.0. The van der Waals surface area contributed by atoms with E-state index in [1.165, 1.54) is 6.07 Å². The van der Waals surface area contributed by atoms with Gasteiger partial charge in [0.15, 0.2) is 0 Å². The maximum absolute atomic E-state index is 14.1. The van der Waals surface area contributed by atoms with Crippen LogP contribution in [0.3, 0.4) is 0 Å². The number of likely N-dealkylation sites (tertiary alicyclic amines) is 1. The summed E-state index contributed by atoms with van der Waals surface area (Å²) in [6.07, 6.45) is 3.06. The molecule has 0 aromatic heterocycles. The second-order valence-electron chi connectivity index (χ2n) is 7.49. The molecule has 138 valence electrons. The molecular formula is C19H27ClFN3O. The molecule has 0 spiro atoms. The van der Waals surface area contributed by atoms with Gasteiger partial charge in [-0.1, -0.05) is 17.7 Å². The van der Waals surface area contributed by atoms with Crippen molar-refractivity contribution in [2.75, 3.05) is 19.6 Å². The van der Waals surface area contributed by atoms with Crippen LogP contribution in [0.1, 0.15) is 38.7 Å². The second-order valence-corrected chi connectivity index (χ2v) is 7.90. The van der Waals surface area contributed by atoms with Crippen molar-refractivity contribution in [2.24, 2.45) is 5.92 Å². The summed E-state index contributed by atoms with van der Waals surface area (Å²) in [4.78, 5) is 16.8. The Hall–Kier alpha value is -1.33. The SMILES string of the molecule is CC(C)N1CCC(CNC(=O)N(Cc2c(F)cccc2Cl)C2CC2)C1. The first-order valence-corrected chi connectivity index (χ1v) is 9.55. The first-order chi connectivity index (χ1) is 12.0. The summed E-state index contributed by atoms with van der Waals surface area (Å²) in [5, 5.41) is 3.44. The van der Waals surface area contributed by atoms with Crippen molar-refractivity contribution in [3.63, 3.8) is 0 Å². The lowest BCUT2D eigenvalue weighted by Crippen LogP contribution is -2.43. The molecule has 1 atom stereocenters. The Morgan fingerprint density at radius 3 is 2.76 bits per heavy atom. The molecule has 4 nitrogen and oxygen atoms in total. The molecule has 1 aromatic carbocycles. The Morgan fingerprint density at radius 2 is 2.16 bits per heavy atom. The van der Waals surface area contributed by atoms with Gasteiger partial charge in [-0.3, -0.25) is 0 Å². The van der Waals surface area contributed by atoms with Gasteiger partial charge >= 0.3 is 6.03 Å². The fraction of sp³-hybridized carbons (Fsp3) is 0.632. The molecule has 0 bridgehead atoms. The monoisotopic (exact) mass is 367 g/mol. The lowest BCUT2D eigenvalue weighted by molar-refractivity contribution is 0.189. The largest absolute Gasteiger partial charge is 0.338 e. The molecule has 1 heterocycles. The van der Waals surface area contributed by atoms with Crippen molar-refractivity contribution in [1.82, 2.24) is 15.1 Å². The molecule has 1 aliphatic carbocycles. The van der Waals surface area contributed by atoms with Crippen molar-refractivity contribution in [3.05, 3.63) is 34.6 Å². The first kappa shape index (κ1) is 18.5. The third kappa shape index (κ3) is 4.64. The number of benzene rings is 1. The summed E-state index contributed by atoms with van der Waals surface area (Å²) in [5.41, 5.74) is 0.401. The summed E-state index contributed by atoms with van der Waals surface area (Å²) in [7, 11) is 0. The number of hydrogen-bond donors (Lipinski definition) is 1. The van der Waals surface area contributed by atoms with E-state index in [1.807, 2.05) is 0 Å². The van der Waals surface area contributed by atoms with Crippen molar-refractivity contribution >= 4 is 17.6 Å². The van der Waals surface area contributed by atoms with Gasteiger partial charge in [-0.2, -0.15) is 0 Å². The highest BCUT2D eigenvalue weighted by molar-refractivity contribution is 6.31. The number of hydrogen-bond acceptors (Lipinski definition) is 2. The van der Waals surface area contributed by atoms with Gasteiger partial charge in [0.2, 0.25) is 0 Å². The van der Waals surface area contributed by atoms with E-state index in [1.54, 1.807) is 17.0 Å². The molecule has 2 aliphatic rings. The summed E-state index contributed by atoms with van der Waals surface area (Å²) in [6, 6.07) is 5.29. The Bertz CT molecular complexity index is 600. The number of nitrogens with one attached hydrogen (secondary N) is 1. The third-order valence-corrected chi connectivity index (χ3v) is 5.58. The second kappa shape index (κ2) is 7.92. The summed E-state index contributed by atoms with van der Waals surface area (Å²) < 4.78 is 14.1. The number of amides is 2. The minimum Gasteiger partial charge on any atom is -0.338 e. The van der Waals surface area contributed by atoms with Gasteiger partial charge in [0.25, 0.3) is 0 Å². The molecule has 0 radical (unpaired) electrons. The molecule has 1 unspecified atom stereocenters. The average molecular weight is 368 g/mol. The summed E-state index contributed by atoms with van der Waals surface area (Å²) >= 11 is 6.13. The Balaban J connectivity index is 1.57. The van der Waals surface area contributed by atoms with E-state index in [0.717, 1.165) is 32.4 Å². The van der Waals surface area contributed by atoms with Crippen molar-refractivity contribution in [3.8, 4) is 0 Å². The Labute approximate surface area is 154 Å². The number of urea groups is 1. The topological polar surface area (TPSA) is 35.6 Å². The van der Waals surface area contributed by atoms with E-state index < -0.39 is 0 Å². The van der Waals surface area contributed by atoms with Crippen LogP contribution >= 0.6 is 11.6 Å². The lowest BCUT2D eigenvalue weighted by Gasteiger charge is -2.25. The van der Waals surface area contributed by atoms with Crippen molar-refractivity contribution < 1.29 is 9.18 Å². The van der Waals surface area contributed by atoms with Crippen molar-refractivity contribution in [1.29, 1.82) is 0 Å². The standard InChI is InChI=1S/C19H27ClFN3O/c1-13(2)23-9-8-14(11-23)10-22-19(25)24(15-6-7-15)12-16-17(20)4-3-5-18(16)21/h3-5,13-15H,6-12H2,1-2H3,(H,22,25). The fourth-order valence-corrected chi connectivity index (χ4v) is 3.66. The highest BCUT2D eigenvalue weighted by Gasteiger charge is 2.34. The predicted octanol–water partition coefficient (Wildman–Crippen LogP) is 3.88. The fourth-order valence-electron chi connectivity index (χ4n) is 3.44. The van der Waals surface area contributed by atoms with Crippen LogP contribution in [0.4, 0.5) is 9.18 Å². The maximum atomic E-state index is 14.1. The molecule has 1 saturated heterocycles. The Kier molecular flexibility index (Phi) is 5.85. The van der Waals surface area contributed by atoms with Crippen LogP contribution in [0.5, 0.6) is 0 Å². The highest BCUT2D eigenvalue weighted by Crippen LogP contribution is 2.30. The van der Waals surface area contributed by atoms with Gasteiger partial charge in [-0.05, 0) is 57.7 Å². The molecule has 6 heteroatoms. The molecule has 1 aliphatic heterocycles. The number of halogens is 2. The molecule has 1 N–H and O–H groups in total. The maximum Gasteiger partial charge on any atom is 0.317 e. The van der Waals surface area contributed by atoms with E-state index in [-0.39, 0.29) is 24.4 Å². The molecule has 2 fully saturated rings. The normalized spacial score (nSPS) is 20.9. The zero-order valence-corrected chi connectivity index (χ0v) is 15.7. The van der Waals surface area contributed by atoms with E-state index in [0.29, 0.717) is 29.1 Å². The van der Waals surface area contributed by atoms with E-state index in [4.69, 9.17) is 11.6 Å². The average Bonchev–Trinajstić information content (AvgIpc) is 3.29. The van der Waals surface area contributed by atoms with Crippen LogP contribution in [0, 0.1) is 11.7 Å². The molecule has 25 heavy (non-hydrogen) atoms. The van der Waals surface area contributed by atoms with Crippen LogP contribution in [0.25, 0.3) is 0 Å². The Morgan fingerprint density at radius 1 is 1.40 bits per heavy atom. The predicted molar refractivity (Wildman–Crippen MR) is 98.2 cm³/mol. The number of nitrogens with zero attached hydrogens (tertiary/aromatic N) is 2. The molecule has 1 saturated carbocycles. The van der Waals surface area contributed by atoms with Crippen molar-refractivity contribution in [2.45, 2.75) is 51.7 Å². The molecular weight excluding hydrogens is 341 g/mol. The smallest absolute Gasteiger partial charge is 0.317 e. The molecule has 1 aromatic rings. The van der Waals surface area contributed by atoms with E-state index in [2.05, 4.69) is 24.1 Å². The summed E-state index contributed by atoms with van der Waals surface area (Å²) in [5.74, 6) is 0.138. The number of rotatable bonds is 6. The highest BCUT2D eigenvalue weighted by atomic mass is 35.5. The quantitative estimate of drug-likeness (QED) is 0.828. The third-order valence-electron chi connectivity index (χ3n) is 5.23. The summed E-state index contributed by atoms with van der Waals surface area (Å²) in [6.45, 7) is 7.43. The van der Waals surface area contributed by atoms with E-state index >= 15 is 0 Å². The molecule has 2 amide bonds. The van der Waals surface area contributed by atoms with Gasteiger partial charge < -0.3 is 15.1 Å². The lowest BCUT2D eigenvalue weighted by atomic mass is 10.1. The minimum absolute atomic E-state index is 0.107. The van der Waals surface area contributed by atoms with Crippen LogP contribution < -0.4 is 5.32 Å². The van der Waals surface area contributed by atoms with Crippen LogP contribution in [0.15, 0.2) is 18.2 Å². The van der Waals surface area contributed by atoms with Gasteiger partial charge in [0.1, 0.15) is 5.82 Å². The van der Waals surface area contributed by atoms with Crippen LogP contribution in [0.2, 0.25) is 5.02 Å². The number of carbonyl (C=O) groups is 1. The minimum atomic E-state index is -0.352. The van der Waals surface area contributed by atoms with Gasteiger partial charge in [0.05, 0.1) is 6.54 Å². The number of carbonyl (C=O) groups excluding carboxylic acids is 1.